The summed E-state index contributed by atoms with van der Waals surface area (Å²) in [6.07, 6.45) is 0. The van der Waals surface area contributed by atoms with E-state index < -0.39 is 11.2 Å². The minimum Gasteiger partial charge on any atom is -0.480 e. The van der Waals surface area contributed by atoms with Crippen LogP contribution in [0.15, 0.2) is 10.6 Å². The van der Waals surface area contributed by atoms with Crippen molar-refractivity contribution >= 4 is 35.4 Å². The zero-order chi connectivity index (χ0) is 16.0. The molecule has 1 atom stereocenters. The number of likely N-dealkylation sites (N-methyl/N-ethyl adjacent to an activating group) is 1. The Morgan fingerprint density at radius 2 is 2.19 bits per heavy atom. The van der Waals surface area contributed by atoms with Gasteiger partial charge in [0, 0.05) is 13.1 Å². The molecule has 9 heteroatoms. The fraction of sp³-hybridized carbons (Fsp3) is 0.500. The standard InChI is InChI=1S/C12H17N3O5S/c1-7-4-9(14-20-7)13-12(19)8(2)21-6-10(16)15(3)5-11(17)18/h4,8H,5-6H2,1-3H3,(H,17,18)(H,13,14,19). The number of carbonyl (C=O) groups is 3. The Hall–Kier alpha value is -2.03. The number of hydrogen-bond acceptors (Lipinski definition) is 6. The van der Waals surface area contributed by atoms with Gasteiger partial charge >= 0.3 is 5.97 Å². The summed E-state index contributed by atoms with van der Waals surface area (Å²) in [5, 5.41) is 14.3. The number of carboxylic acid groups (broad SMARTS) is 1. The van der Waals surface area contributed by atoms with Crippen molar-refractivity contribution in [1.29, 1.82) is 0 Å². The first-order chi connectivity index (χ1) is 9.79. The van der Waals surface area contributed by atoms with Gasteiger partial charge in [-0.3, -0.25) is 14.4 Å². The van der Waals surface area contributed by atoms with Crippen LogP contribution in [-0.4, -0.2) is 57.5 Å². The lowest BCUT2D eigenvalue weighted by Gasteiger charge is -2.15. The first-order valence-corrected chi connectivity index (χ1v) is 7.16. The molecule has 0 aliphatic rings. The van der Waals surface area contributed by atoms with Gasteiger partial charge in [-0.1, -0.05) is 5.16 Å². The van der Waals surface area contributed by atoms with Crippen molar-refractivity contribution in [3.63, 3.8) is 0 Å². The summed E-state index contributed by atoms with van der Waals surface area (Å²) in [5.74, 6) is -0.810. The van der Waals surface area contributed by atoms with Gasteiger partial charge in [0.15, 0.2) is 5.82 Å². The van der Waals surface area contributed by atoms with Gasteiger partial charge in [0.1, 0.15) is 12.3 Å². The van der Waals surface area contributed by atoms with Crippen LogP contribution in [0.1, 0.15) is 12.7 Å². The Labute approximate surface area is 125 Å². The average Bonchev–Trinajstić information content (AvgIpc) is 2.79. The maximum Gasteiger partial charge on any atom is 0.323 e. The van der Waals surface area contributed by atoms with E-state index in [9.17, 15) is 14.4 Å². The zero-order valence-corrected chi connectivity index (χ0v) is 12.8. The van der Waals surface area contributed by atoms with Crippen molar-refractivity contribution < 1.29 is 24.0 Å². The topological polar surface area (TPSA) is 113 Å². The molecule has 0 aliphatic carbocycles. The van der Waals surface area contributed by atoms with E-state index in [0.29, 0.717) is 11.6 Å². The molecule has 0 radical (unpaired) electrons. The van der Waals surface area contributed by atoms with Crippen LogP contribution < -0.4 is 5.32 Å². The number of aliphatic carboxylic acids is 1. The Morgan fingerprint density at radius 1 is 1.52 bits per heavy atom. The Morgan fingerprint density at radius 3 is 2.71 bits per heavy atom. The highest BCUT2D eigenvalue weighted by Gasteiger charge is 2.19. The molecule has 0 aromatic carbocycles. The quantitative estimate of drug-likeness (QED) is 0.757. The molecule has 1 rings (SSSR count). The predicted molar refractivity (Wildman–Crippen MR) is 77.1 cm³/mol. The summed E-state index contributed by atoms with van der Waals surface area (Å²) in [6.45, 7) is 2.99. The fourth-order valence-electron chi connectivity index (χ4n) is 1.33. The van der Waals surface area contributed by atoms with Crippen molar-refractivity contribution in [3.05, 3.63) is 11.8 Å². The number of hydrogen-bond donors (Lipinski definition) is 2. The molecule has 2 N–H and O–H groups in total. The van der Waals surface area contributed by atoms with Crippen LogP contribution in [0.4, 0.5) is 5.82 Å². The van der Waals surface area contributed by atoms with Crippen LogP contribution in [0, 0.1) is 6.92 Å². The first-order valence-electron chi connectivity index (χ1n) is 6.11. The molecule has 0 bridgehead atoms. The molecule has 8 nitrogen and oxygen atoms in total. The number of nitrogens with one attached hydrogen (secondary N) is 1. The number of carboxylic acids is 1. The smallest absolute Gasteiger partial charge is 0.323 e. The molecule has 0 saturated heterocycles. The highest BCUT2D eigenvalue weighted by atomic mass is 32.2. The lowest BCUT2D eigenvalue weighted by molar-refractivity contribution is -0.142. The van der Waals surface area contributed by atoms with E-state index in [1.165, 1.54) is 7.05 Å². The molecule has 0 fully saturated rings. The van der Waals surface area contributed by atoms with Crippen LogP contribution in [0.2, 0.25) is 0 Å². The SMILES string of the molecule is Cc1cc(NC(=O)C(C)SCC(=O)N(C)CC(=O)O)no1. The highest BCUT2D eigenvalue weighted by Crippen LogP contribution is 2.14. The van der Waals surface area contributed by atoms with Crippen LogP contribution in [0.3, 0.4) is 0 Å². The maximum absolute atomic E-state index is 11.8. The number of aromatic nitrogens is 1. The number of rotatable bonds is 7. The van der Waals surface area contributed by atoms with Gasteiger partial charge in [-0.2, -0.15) is 0 Å². The number of anilines is 1. The molecule has 1 unspecified atom stereocenters. The molecule has 0 spiro atoms. The molecule has 0 aliphatic heterocycles. The van der Waals surface area contributed by atoms with E-state index in [1.807, 2.05) is 0 Å². The third kappa shape index (κ3) is 5.86. The molecule has 2 amide bonds. The molecule has 116 valence electrons. The second-order valence-electron chi connectivity index (χ2n) is 4.41. The molecular formula is C12H17N3O5S. The molecule has 21 heavy (non-hydrogen) atoms. The largest absolute Gasteiger partial charge is 0.480 e. The van der Waals surface area contributed by atoms with E-state index in [0.717, 1.165) is 16.7 Å². The minimum atomic E-state index is -1.08. The third-order valence-electron chi connectivity index (χ3n) is 2.50. The molecule has 1 heterocycles. The Kier molecular flexibility index (Phi) is 6.22. The van der Waals surface area contributed by atoms with Crippen LogP contribution in [0.25, 0.3) is 0 Å². The number of aryl methyl sites for hydroxylation is 1. The van der Waals surface area contributed by atoms with E-state index in [1.54, 1.807) is 19.9 Å². The summed E-state index contributed by atoms with van der Waals surface area (Å²) in [5.41, 5.74) is 0. The predicted octanol–water partition coefficient (Wildman–Crippen LogP) is 0.586. The lowest BCUT2D eigenvalue weighted by atomic mass is 10.4. The lowest BCUT2D eigenvalue weighted by Crippen LogP contribution is -2.34. The van der Waals surface area contributed by atoms with Gasteiger partial charge in [-0.15, -0.1) is 11.8 Å². The number of thioether (sulfide) groups is 1. The van der Waals surface area contributed by atoms with Crippen LogP contribution in [0.5, 0.6) is 0 Å². The summed E-state index contributed by atoms with van der Waals surface area (Å²) < 4.78 is 4.82. The van der Waals surface area contributed by atoms with E-state index in [2.05, 4.69) is 10.5 Å². The van der Waals surface area contributed by atoms with E-state index in [4.69, 9.17) is 9.63 Å². The first kappa shape index (κ1) is 17.0. The van der Waals surface area contributed by atoms with Crippen LogP contribution in [-0.2, 0) is 14.4 Å². The average molecular weight is 315 g/mol. The van der Waals surface area contributed by atoms with Crippen molar-refractivity contribution in [2.75, 3.05) is 24.7 Å². The number of nitrogens with zero attached hydrogens (tertiary/aromatic N) is 2. The normalized spacial score (nSPS) is 11.8. The highest BCUT2D eigenvalue weighted by molar-refractivity contribution is 8.01. The van der Waals surface area contributed by atoms with Gasteiger partial charge in [0.05, 0.1) is 11.0 Å². The summed E-state index contributed by atoms with van der Waals surface area (Å²) in [6, 6.07) is 1.58. The van der Waals surface area contributed by atoms with E-state index >= 15 is 0 Å². The second kappa shape index (κ2) is 7.67. The number of carbonyl (C=O) groups excluding carboxylic acids is 2. The minimum absolute atomic E-state index is 0.0240. The van der Waals surface area contributed by atoms with Gasteiger partial charge in [-0.25, -0.2) is 0 Å². The van der Waals surface area contributed by atoms with Crippen molar-refractivity contribution in [2.24, 2.45) is 0 Å². The van der Waals surface area contributed by atoms with Crippen molar-refractivity contribution in [1.82, 2.24) is 10.1 Å². The van der Waals surface area contributed by atoms with Gasteiger partial charge < -0.3 is 19.8 Å². The van der Waals surface area contributed by atoms with Gasteiger partial charge in [-0.05, 0) is 13.8 Å². The molecule has 0 saturated carbocycles. The number of amides is 2. The monoisotopic (exact) mass is 315 g/mol. The summed E-state index contributed by atoms with van der Waals surface area (Å²) in [4.78, 5) is 35.1. The fourth-order valence-corrected chi connectivity index (χ4v) is 2.15. The van der Waals surface area contributed by atoms with Crippen molar-refractivity contribution in [3.8, 4) is 0 Å². The van der Waals surface area contributed by atoms with Gasteiger partial charge in [0.2, 0.25) is 11.8 Å². The second-order valence-corrected chi connectivity index (χ2v) is 5.74. The zero-order valence-electron chi connectivity index (χ0n) is 12.0. The summed E-state index contributed by atoms with van der Waals surface area (Å²) in [7, 11) is 1.40. The molecular weight excluding hydrogens is 298 g/mol. The Balaban J connectivity index is 2.38. The Bertz CT molecular complexity index is 531. The van der Waals surface area contributed by atoms with Crippen LogP contribution >= 0.6 is 11.8 Å². The summed E-state index contributed by atoms with van der Waals surface area (Å²) >= 11 is 1.12. The molecule has 1 aromatic heterocycles. The maximum atomic E-state index is 11.8. The van der Waals surface area contributed by atoms with E-state index in [-0.39, 0.29) is 24.1 Å². The molecule has 1 aromatic rings. The van der Waals surface area contributed by atoms with Crippen molar-refractivity contribution in [2.45, 2.75) is 19.1 Å². The van der Waals surface area contributed by atoms with Gasteiger partial charge in [0.25, 0.3) is 0 Å². The third-order valence-corrected chi connectivity index (χ3v) is 3.63.